The molecule has 0 fully saturated rings. The van der Waals surface area contributed by atoms with Crippen LogP contribution in [-0.4, -0.2) is 24.0 Å². The number of carbonyl (C=O) groups is 2. The first-order chi connectivity index (χ1) is 8.32. The fourth-order valence-electron chi connectivity index (χ4n) is 1.68. The van der Waals surface area contributed by atoms with Crippen LogP contribution in [0.25, 0.3) is 0 Å². The van der Waals surface area contributed by atoms with Crippen molar-refractivity contribution >= 4 is 17.6 Å². The second kappa shape index (κ2) is 5.49. The summed E-state index contributed by atoms with van der Waals surface area (Å²) in [6.07, 6.45) is 1.90. The quantitative estimate of drug-likeness (QED) is 0.833. The average Bonchev–Trinajstić information content (AvgIpc) is 2.29. The second-order valence-electron chi connectivity index (χ2n) is 4.29. The molecule has 1 aromatic carbocycles. The SMILES string of the molecule is Cc1cc(C)c(N(C)C(=O)/C=C/C(=O)O)cc1C. The van der Waals surface area contributed by atoms with E-state index in [0.29, 0.717) is 0 Å². The van der Waals surface area contributed by atoms with Crippen LogP contribution in [0.15, 0.2) is 24.3 Å². The normalized spacial score (nSPS) is 10.7. The molecule has 4 heteroatoms. The molecule has 0 saturated heterocycles. The lowest BCUT2D eigenvalue weighted by molar-refractivity contribution is -0.131. The van der Waals surface area contributed by atoms with Crippen molar-refractivity contribution in [3.63, 3.8) is 0 Å². The largest absolute Gasteiger partial charge is 0.478 e. The summed E-state index contributed by atoms with van der Waals surface area (Å²) in [4.78, 5) is 23.6. The molecule has 0 atom stereocenters. The number of anilines is 1. The molecule has 0 heterocycles. The molecule has 0 bridgehead atoms. The molecule has 1 aromatic rings. The van der Waals surface area contributed by atoms with Gasteiger partial charge in [0.2, 0.25) is 0 Å². The lowest BCUT2D eigenvalue weighted by Crippen LogP contribution is -2.25. The van der Waals surface area contributed by atoms with Gasteiger partial charge in [0.05, 0.1) is 0 Å². The summed E-state index contributed by atoms with van der Waals surface area (Å²) in [5, 5.41) is 8.49. The first-order valence-electron chi connectivity index (χ1n) is 5.59. The first kappa shape index (κ1) is 14.0. The van der Waals surface area contributed by atoms with Crippen molar-refractivity contribution in [2.24, 2.45) is 0 Å². The number of aryl methyl sites for hydroxylation is 3. The highest BCUT2D eigenvalue weighted by Gasteiger charge is 2.11. The maximum atomic E-state index is 11.8. The Morgan fingerprint density at radius 1 is 1.06 bits per heavy atom. The zero-order chi connectivity index (χ0) is 13.9. The summed E-state index contributed by atoms with van der Waals surface area (Å²) >= 11 is 0. The van der Waals surface area contributed by atoms with E-state index in [1.54, 1.807) is 7.05 Å². The van der Waals surface area contributed by atoms with Crippen molar-refractivity contribution in [1.82, 2.24) is 0 Å². The minimum atomic E-state index is -1.13. The number of hydrogen-bond acceptors (Lipinski definition) is 2. The Kier molecular flexibility index (Phi) is 4.26. The molecule has 1 rings (SSSR count). The molecule has 0 aliphatic rings. The third kappa shape index (κ3) is 3.20. The van der Waals surface area contributed by atoms with Gasteiger partial charge in [0.25, 0.3) is 5.91 Å². The molecular formula is C14H17NO3. The Hall–Kier alpha value is -2.10. The van der Waals surface area contributed by atoms with E-state index in [1.165, 1.54) is 4.90 Å². The monoisotopic (exact) mass is 247 g/mol. The third-order valence-electron chi connectivity index (χ3n) is 2.87. The van der Waals surface area contributed by atoms with Crippen LogP contribution in [0.3, 0.4) is 0 Å². The number of hydrogen-bond donors (Lipinski definition) is 1. The summed E-state index contributed by atoms with van der Waals surface area (Å²) in [6.45, 7) is 5.91. The predicted octanol–water partition coefficient (Wildman–Crippen LogP) is 2.22. The predicted molar refractivity (Wildman–Crippen MR) is 70.8 cm³/mol. The van der Waals surface area contributed by atoms with Gasteiger partial charge in [-0.15, -0.1) is 0 Å². The van der Waals surface area contributed by atoms with Gasteiger partial charge in [-0.1, -0.05) is 6.07 Å². The van der Waals surface area contributed by atoms with E-state index in [0.717, 1.165) is 34.5 Å². The minimum absolute atomic E-state index is 0.358. The van der Waals surface area contributed by atoms with Crippen LogP contribution in [0.2, 0.25) is 0 Å². The molecular weight excluding hydrogens is 230 g/mol. The highest BCUT2D eigenvalue weighted by molar-refractivity contribution is 6.04. The van der Waals surface area contributed by atoms with Gasteiger partial charge in [0, 0.05) is 24.9 Å². The van der Waals surface area contributed by atoms with E-state index in [9.17, 15) is 9.59 Å². The number of carbonyl (C=O) groups excluding carboxylic acids is 1. The lowest BCUT2D eigenvalue weighted by atomic mass is 10.0. The van der Waals surface area contributed by atoms with E-state index in [4.69, 9.17) is 5.11 Å². The lowest BCUT2D eigenvalue weighted by Gasteiger charge is -2.19. The van der Waals surface area contributed by atoms with Gasteiger partial charge >= 0.3 is 5.97 Å². The van der Waals surface area contributed by atoms with Crippen molar-refractivity contribution in [2.75, 3.05) is 11.9 Å². The number of rotatable bonds is 3. The second-order valence-corrected chi connectivity index (χ2v) is 4.29. The van der Waals surface area contributed by atoms with Crippen LogP contribution in [-0.2, 0) is 9.59 Å². The van der Waals surface area contributed by atoms with E-state index < -0.39 is 5.97 Å². The topological polar surface area (TPSA) is 57.6 Å². The van der Waals surface area contributed by atoms with Gasteiger partial charge in [-0.2, -0.15) is 0 Å². The maximum absolute atomic E-state index is 11.8. The molecule has 96 valence electrons. The smallest absolute Gasteiger partial charge is 0.328 e. The number of benzene rings is 1. The molecule has 1 N–H and O–H groups in total. The van der Waals surface area contributed by atoms with Crippen LogP contribution >= 0.6 is 0 Å². The van der Waals surface area contributed by atoms with Crippen LogP contribution in [0.1, 0.15) is 16.7 Å². The van der Waals surface area contributed by atoms with Crippen molar-refractivity contribution in [3.8, 4) is 0 Å². The zero-order valence-electron chi connectivity index (χ0n) is 11.0. The Morgan fingerprint density at radius 3 is 2.17 bits per heavy atom. The summed E-state index contributed by atoms with van der Waals surface area (Å²) in [5.74, 6) is -1.49. The van der Waals surface area contributed by atoms with Crippen LogP contribution in [0, 0.1) is 20.8 Å². The number of aliphatic carboxylic acids is 1. The molecule has 0 unspecified atom stereocenters. The van der Waals surface area contributed by atoms with Gasteiger partial charge in [-0.3, -0.25) is 4.79 Å². The molecule has 0 aromatic heterocycles. The van der Waals surface area contributed by atoms with Crippen molar-refractivity contribution in [2.45, 2.75) is 20.8 Å². The third-order valence-corrected chi connectivity index (χ3v) is 2.87. The van der Waals surface area contributed by atoms with Crippen LogP contribution < -0.4 is 4.90 Å². The summed E-state index contributed by atoms with van der Waals surface area (Å²) in [6, 6.07) is 3.94. The molecule has 0 radical (unpaired) electrons. The number of carboxylic acid groups (broad SMARTS) is 1. The number of nitrogens with zero attached hydrogens (tertiary/aromatic N) is 1. The van der Waals surface area contributed by atoms with Crippen molar-refractivity contribution < 1.29 is 14.7 Å². The fourth-order valence-corrected chi connectivity index (χ4v) is 1.68. The first-order valence-corrected chi connectivity index (χ1v) is 5.59. The van der Waals surface area contributed by atoms with E-state index in [2.05, 4.69) is 0 Å². The Balaban J connectivity index is 3.04. The number of likely N-dealkylation sites (N-methyl/N-ethyl adjacent to an activating group) is 1. The van der Waals surface area contributed by atoms with Crippen molar-refractivity contribution in [3.05, 3.63) is 41.0 Å². The molecule has 0 saturated carbocycles. The van der Waals surface area contributed by atoms with Gasteiger partial charge < -0.3 is 10.0 Å². The molecule has 0 aliphatic carbocycles. The fraction of sp³-hybridized carbons (Fsp3) is 0.286. The molecule has 0 spiro atoms. The molecule has 0 aliphatic heterocycles. The number of carboxylic acids is 1. The summed E-state index contributed by atoms with van der Waals surface area (Å²) < 4.78 is 0. The van der Waals surface area contributed by atoms with E-state index in [-0.39, 0.29) is 5.91 Å². The van der Waals surface area contributed by atoms with E-state index in [1.807, 2.05) is 32.9 Å². The number of amides is 1. The van der Waals surface area contributed by atoms with Gasteiger partial charge in [-0.25, -0.2) is 4.79 Å². The van der Waals surface area contributed by atoms with E-state index >= 15 is 0 Å². The van der Waals surface area contributed by atoms with Gasteiger partial charge in [-0.05, 0) is 43.5 Å². The summed E-state index contributed by atoms with van der Waals surface area (Å²) in [5.41, 5.74) is 4.03. The maximum Gasteiger partial charge on any atom is 0.328 e. The standard InChI is InChI=1S/C14H17NO3/c1-9-7-11(3)12(8-10(9)2)15(4)13(16)5-6-14(17)18/h5-8H,1-4H3,(H,17,18)/b6-5+. The zero-order valence-corrected chi connectivity index (χ0v) is 11.0. The Labute approximate surface area is 107 Å². The van der Waals surface area contributed by atoms with Crippen LogP contribution in [0.5, 0.6) is 0 Å². The van der Waals surface area contributed by atoms with Gasteiger partial charge in [0.15, 0.2) is 0 Å². The highest BCUT2D eigenvalue weighted by atomic mass is 16.4. The highest BCUT2D eigenvalue weighted by Crippen LogP contribution is 2.23. The Morgan fingerprint density at radius 2 is 1.61 bits per heavy atom. The Bertz CT molecular complexity index is 518. The van der Waals surface area contributed by atoms with Crippen LogP contribution in [0.4, 0.5) is 5.69 Å². The van der Waals surface area contributed by atoms with Crippen molar-refractivity contribution in [1.29, 1.82) is 0 Å². The van der Waals surface area contributed by atoms with Gasteiger partial charge in [0.1, 0.15) is 0 Å². The summed E-state index contributed by atoms with van der Waals surface area (Å²) in [7, 11) is 1.63. The molecule has 1 amide bonds. The molecule has 4 nitrogen and oxygen atoms in total. The molecule has 18 heavy (non-hydrogen) atoms. The average molecular weight is 247 g/mol. The minimum Gasteiger partial charge on any atom is -0.478 e.